The number of carbonyl (C=O) groups is 1. The molecular formula is C16H22N4O. The third kappa shape index (κ3) is 3.84. The molecule has 5 heteroatoms. The molecule has 0 aliphatic heterocycles. The number of hydrogen-bond donors (Lipinski definition) is 2. The van der Waals surface area contributed by atoms with Crippen LogP contribution >= 0.6 is 0 Å². The highest BCUT2D eigenvalue weighted by atomic mass is 16.1. The van der Waals surface area contributed by atoms with Crippen LogP contribution in [0.3, 0.4) is 0 Å². The van der Waals surface area contributed by atoms with E-state index in [-0.39, 0.29) is 17.9 Å². The molecule has 1 heterocycles. The Morgan fingerprint density at radius 2 is 1.95 bits per heavy atom. The van der Waals surface area contributed by atoms with Crippen molar-refractivity contribution in [2.24, 2.45) is 13.0 Å². The van der Waals surface area contributed by atoms with Gasteiger partial charge in [-0.2, -0.15) is 0 Å². The van der Waals surface area contributed by atoms with Gasteiger partial charge in [0.2, 0.25) is 5.91 Å². The molecule has 2 N–H and O–H groups in total. The first kappa shape index (κ1) is 15.1. The van der Waals surface area contributed by atoms with E-state index in [9.17, 15) is 4.79 Å². The van der Waals surface area contributed by atoms with Gasteiger partial charge in [0.05, 0.1) is 6.04 Å². The van der Waals surface area contributed by atoms with Crippen LogP contribution in [0.4, 0.5) is 11.4 Å². The van der Waals surface area contributed by atoms with Gasteiger partial charge < -0.3 is 15.2 Å². The largest absolute Gasteiger partial charge is 0.375 e. The van der Waals surface area contributed by atoms with Crippen LogP contribution in [0, 0.1) is 5.92 Å². The number of benzene rings is 1. The number of anilines is 2. The summed E-state index contributed by atoms with van der Waals surface area (Å²) in [6, 6.07) is 7.80. The van der Waals surface area contributed by atoms with Gasteiger partial charge in [-0.3, -0.25) is 4.79 Å². The molecule has 0 radical (unpaired) electrons. The van der Waals surface area contributed by atoms with E-state index in [1.165, 1.54) is 0 Å². The molecule has 1 unspecified atom stereocenters. The van der Waals surface area contributed by atoms with Crippen LogP contribution in [0.15, 0.2) is 36.7 Å². The van der Waals surface area contributed by atoms with Crippen molar-refractivity contribution >= 4 is 17.3 Å². The zero-order valence-corrected chi connectivity index (χ0v) is 12.9. The summed E-state index contributed by atoms with van der Waals surface area (Å²) < 4.78 is 1.99. The highest BCUT2D eigenvalue weighted by Crippen LogP contribution is 2.21. The molecule has 0 aliphatic rings. The minimum Gasteiger partial charge on any atom is -0.375 e. The molecule has 21 heavy (non-hydrogen) atoms. The minimum absolute atomic E-state index is 0.0179. The predicted octanol–water partition coefficient (Wildman–Crippen LogP) is 3.19. The summed E-state index contributed by atoms with van der Waals surface area (Å²) in [5.74, 6) is 0.948. The number of aryl methyl sites for hydroxylation is 1. The van der Waals surface area contributed by atoms with Crippen molar-refractivity contribution in [3.8, 4) is 0 Å². The highest BCUT2D eigenvalue weighted by molar-refractivity contribution is 5.92. The van der Waals surface area contributed by atoms with Crippen molar-refractivity contribution in [1.29, 1.82) is 0 Å². The van der Waals surface area contributed by atoms with E-state index in [4.69, 9.17) is 0 Å². The fraction of sp³-hybridized carbons (Fsp3) is 0.375. The van der Waals surface area contributed by atoms with Crippen molar-refractivity contribution in [2.45, 2.75) is 26.8 Å². The van der Waals surface area contributed by atoms with E-state index in [1.807, 2.05) is 55.9 Å². The number of carbonyl (C=O) groups excluding carboxylic acids is 1. The molecule has 0 saturated heterocycles. The van der Waals surface area contributed by atoms with Crippen molar-refractivity contribution in [3.05, 3.63) is 42.5 Å². The van der Waals surface area contributed by atoms with Gasteiger partial charge >= 0.3 is 0 Å². The molecular weight excluding hydrogens is 264 g/mol. The summed E-state index contributed by atoms with van der Waals surface area (Å²) in [7, 11) is 1.97. The summed E-state index contributed by atoms with van der Waals surface area (Å²) >= 11 is 0. The van der Waals surface area contributed by atoms with Gasteiger partial charge in [-0.25, -0.2) is 4.98 Å². The van der Waals surface area contributed by atoms with Gasteiger partial charge in [-0.05, 0) is 25.1 Å². The van der Waals surface area contributed by atoms with Crippen LogP contribution < -0.4 is 10.6 Å². The van der Waals surface area contributed by atoms with E-state index in [1.54, 1.807) is 6.20 Å². The molecule has 2 aromatic rings. The molecule has 5 nitrogen and oxygen atoms in total. The van der Waals surface area contributed by atoms with E-state index >= 15 is 0 Å². The van der Waals surface area contributed by atoms with E-state index < -0.39 is 0 Å². The molecule has 1 amide bonds. The SMILES string of the molecule is CC(C)C(=O)Nc1cccc(NC(C)c2nccn2C)c1. The number of aromatic nitrogens is 2. The fourth-order valence-electron chi connectivity index (χ4n) is 2.08. The predicted molar refractivity (Wildman–Crippen MR) is 85.2 cm³/mol. The van der Waals surface area contributed by atoms with E-state index in [0.29, 0.717) is 0 Å². The molecule has 2 rings (SSSR count). The Morgan fingerprint density at radius 1 is 1.24 bits per heavy atom. The van der Waals surface area contributed by atoms with Crippen molar-refractivity contribution < 1.29 is 4.79 Å². The molecule has 0 spiro atoms. The van der Waals surface area contributed by atoms with Gasteiger partial charge in [0.1, 0.15) is 5.82 Å². The lowest BCUT2D eigenvalue weighted by molar-refractivity contribution is -0.118. The quantitative estimate of drug-likeness (QED) is 0.887. The van der Waals surface area contributed by atoms with Crippen LogP contribution in [0.2, 0.25) is 0 Å². The number of amides is 1. The van der Waals surface area contributed by atoms with Crippen molar-refractivity contribution in [1.82, 2.24) is 9.55 Å². The summed E-state index contributed by atoms with van der Waals surface area (Å²) in [5.41, 5.74) is 1.75. The minimum atomic E-state index is -0.0342. The van der Waals surface area contributed by atoms with Crippen LogP contribution in [0.1, 0.15) is 32.6 Å². The Morgan fingerprint density at radius 3 is 2.57 bits per heavy atom. The molecule has 1 atom stereocenters. The third-order valence-corrected chi connectivity index (χ3v) is 3.28. The second kappa shape index (κ2) is 6.43. The van der Waals surface area contributed by atoms with Gasteiger partial charge in [-0.1, -0.05) is 19.9 Å². The van der Waals surface area contributed by atoms with Crippen molar-refractivity contribution in [3.63, 3.8) is 0 Å². The summed E-state index contributed by atoms with van der Waals surface area (Å²) in [6.07, 6.45) is 3.71. The van der Waals surface area contributed by atoms with Gasteiger partial charge in [0.25, 0.3) is 0 Å². The summed E-state index contributed by atoms with van der Waals surface area (Å²) in [5, 5.41) is 6.29. The number of hydrogen-bond acceptors (Lipinski definition) is 3. The Hall–Kier alpha value is -2.30. The Kier molecular flexibility index (Phi) is 4.62. The monoisotopic (exact) mass is 286 g/mol. The average Bonchev–Trinajstić information content (AvgIpc) is 2.85. The Bertz CT molecular complexity index is 618. The van der Waals surface area contributed by atoms with Crippen LogP contribution in [0.25, 0.3) is 0 Å². The lowest BCUT2D eigenvalue weighted by Crippen LogP contribution is -2.18. The summed E-state index contributed by atoms with van der Waals surface area (Å²) in [6.45, 7) is 5.81. The smallest absolute Gasteiger partial charge is 0.226 e. The molecule has 0 aliphatic carbocycles. The number of nitrogens with zero attached hydrogens (tertiary/aromatic N) is 2. The molecule has 1 aromatic carbocycles. The lowest BCUT2D eigenvalue weighted by atomic mass is 10.2. The molecule has 0 saturated carbocycles. The maximum absolute atomic E-state index is 11.7. The van der Waals surface area contributed by atoms with Gasteiger partial charge in [0, 0.05) is 36.7 Å². The summed E-state index contributed by atoms with van der Waals surface area (Å²) in [4.78, 5) is 16.1. The lowest BCUT2D eigenvalue weighted by Gasteiger charge is -2.16. The first-order chi connectivity index (χ1) is 9.97. The molecule has 112 valence electrons. The van der Waals surface area contributed by atoms with E-state index in [0.717, 1.165) is 17.2 Å². The third-order valence-electron chi connectivity index (χ3n) is 3.28. The second-order valence-electron chi connectivity index (χ2n) is 5.49. The number of rotatable bonds is 5. The molecule has 1 aromatic heterocycles. The molecule has 0 fully saturated rings. The maximum Gasteiger partial charge on any atom is 0.226 e. The second-order valence-corrected chi connectivity index (χ2v) is 5.49. The number of imidazole rings is 1. The van der Waals surface area contributed by atoms with Gasteiger partial charge in [-0.15, -0.1) is 0 Å². The van der Waals surface area contributed by atoms with Crippen LogP contribution in [-0.4, -0.2) is 15.5 Å². The topological polar surface area (TPSA) is 59.0 Å². The zero-order chi connectivity index (χ0) is 15.4. The fourth-order valence-corrected chi connectivity index (χ4v) is 2.08. The maximum atomic E-state index is 11.7. The standard InChI is InChI=1S/C16H22N4O/c1-11(2)16(21)19-14-7-5-6-13(10-14)18-12(3)15-17-8-9-20(15)4/h5-12,18H,1-4H3,(H,19,21). The van der Waals surface area contributed by atoms with Gasteiger partial charge in [0.15, 0.2) is 0 Å². The first-order valence-corrected chi connectivity index (χ1v) is 7.12. The average molecular weight is 286 g/mol. The van der Waals surface area contributed by atoms with Crippen LogP contribution in [-0.2, 0) is 11.8 Å². The van der Waals surface area contributed by atoms with Crippen molar-refractivity contribution in [2.75, 3.05) is 10.6 Å². The Balaban J connectivity index is 2.07. The first-order valence-electron chi connectivity index (χ1n) is 7.12. The molecule has 0 bridgehead atoms. The van der Waals surface area contributed by atoms with E-state index in [2.05, 4.69) is 22.5 Å². The van der Waals surface area contributed by atoms with Crippen LogP contribution in [0.5, 0.6) is 0 Å². The zero-order valence-electron chi connectivity index (χ0n) is 12.9. The number of nitrogens with one attached hydrogen (secondary N) is 2. The normalized spacial score (nSPS) is 12.2. The highest BCUT2D eigenvalue weighted by Gasteiger charge is 2.11. The Labute approximate surface area is 125 Å².